The van der Waals surface area contributed by atoms with Crippen molar-refractivity contribution in [3.8, 4) is 0 Å². The second-order valence-electron chi connectivity index (χ2n) is 4.81. The van der Waals surface area contributed by atoms with Crippen LogP contribution < -0.4 is 0 Å². The van der Waals surface area contributed by atoms with E-state index in [0.717, 1.165) is 11.1 Å². The first-order chi connectivity index (χ1) is 10.6. The highest BCUT2D eigenvalue weighted by Crippen LogP contribution is 2.23. The molecule has 0 aliphatic carbocycles. The molecule has 1 aromatic carbocycles. The van der Waals surface area contributed by atoms with E-state index in [0.29, 0.717) is 22.7 Å². The minimum absolute atomic E-state index is 0.348. The Labute approximate surface area is 138 Å². The van der Waals surface area contributed by atoms with Crippen LogP contribution in [0.3, 0.4) is 0 Å². The van der Waals surface area contributed by atoms with Gasteiger partial charge in [-0.05, 0) is 11.6 Å². The van der Waals surface area contributed by atoms with E-state index in [1.165, 1.54) is 0 Å². The van der Waals surface area contributed by atoms with E-state index in [4.69, 9.17) is 23.2 Å². The third-order valence-electron chi connectivity index (χ3n) is 3.34. The summed E-state index contributed by atoms with van der Waals surface area (Å²) in [6, 6.07) is 12.9. The molecule has 0 aliphatic rings. The first-order valence-corrected chi connectivity index (χ1v) is 7.45. The van der Waals surface area contributed by atoms with E-state index in [9.17, 15) is 5.11 Å². The van der Waals surface area contributed by atoms with E-state index >= 15 is 0 Å². The second kappa shape index (κ2) is 6.48. The van der Waals surface area contributed by atoms with Crippen LogP contribution in [0.25, 0.3) is 0 Å². The lowest BCUT2D eigenvalue weighted by Gasteiger charge is -2.14. The van der Waals surface area contributed by atoms with E-state index in [1.807, 2.05) is 41.0 Å². The van der Waals surface area contributed by atoms with Gasteiger partial charge in [0.1, 0.15) is 22.2 Å². The van der Waals surface area contributed by atoms with Crippen LogP contribution in [0.4, 0.5) is 0 Å². The summed E-state index contributed by atoms with van der Waals surface area (Å²) >= 11 is 11.9. The maximum atomic E-state index is 10.5. The fourth-order valence-electron chi connectivity index (χ4n) is 2.23. The molecule has 112 valence electrons. The number of benzene rings is 1. The van der Waals surface area contributed by atoms with Crippen molar-refractivity contribution in [3.05, 3.63) is 82.1 Å². The van der Waals surface area contributed by atoms with Crippen LogP contribution in [-0.2, 0) is 6.54 Å². The van der Waals surface area contributed by atoms with Crippen molar-refractivity contribution in [1.29, 1.82) is 0 Å². The van der Waals surface area contributed by atoms with Crippen LogP contribution in [0, 0.1) is 0 Å². The molecule has 22 heavy (non-hydrogen) atoms. The van der Waals surface area contributed by atoms with Gasteiger partial charge in [-0.1, -0.05) is 59.6 Å². The summed E-state index contributed by atoms with van der Waals surface area (Å²) in [5, 5.41) is 11.2. The molecular formula is C16H13Cl2N3O. The van der Waals surface area contributed by atoms with Gasteiger partial charge in [0, 0.05) is 18.0 Å². The minimum atomic E-state index is -0.796. The Hall–Kier alpha value is -1.88. The van der Waals surface area contributed by atoms with Gasteiger partial charge in [0.25, 0.3) is 0 Å². The highest BCUT2D eigenvalue weighted by atomic mass is 35.5. The van der Waals surface area contributed by atoms with E-state index in [1.54, 1.807) is 18.5 Å². The summed E-state index contributed by atoms with van der Waals surface area (Å²) in [7, 11) is 0. The summed E-state index contributed by atoms with van der Waals surface area (Å²) in [6.07, 6.45) is 2.65. The van der Waals surface area contributed by atoms with Crippen LogP contribution in [0.2, 0.25) is 10.3 Å². The number of imidazole rings is 1. The molecule has 1 N–H and O–H groups in total. The van der Waals surface area contributed by atoms with Crippen LogP contribution in [0.1, 0.15) is 23.1 Å². The average molecular weight is 334 g/mol. The molecule has 0 fully saturated rings. The number of halogens is 2. The molecule has 0 spiro atoms. The summed E-state index contributed by atoms with van der Waals surface area (Å²) in [5.74, 6) is 0.553. The largest absolute Gasteiger partial charge is 0.380 e. The Bertz CT molecular complexity index is 774. The number of hydrogen-bond donors (Lipinski definition) is 1. The highest BCUT2D eigenvalue weighted by Gasteiger charge is 2.16. The van der Waals surface area contributed by atoms with Gasteiger partial charge in [-0.3, -0.25) is 0 Å². The standard InChI is InChI=1S/C16H13Cl2N3O/c17-13-7-6-12(15(18)20-13)10-21-9-8-19-16(21)14(22)11-4-2-1-3-5-11/h1-9,14,22H,10H2. The molecule has 2 aromatic heterocycles. The van der Waals surface area contributed by atoms with E-state index < -0.39 is 6.10 Å². The molecule has 4 nitrogen and oxygen atoms in total. The molecule has 3 aromatic rings. The quantitative estimate of drug-likeness (QED) is 0.740. The van der Waals surface area contributed by atoms with Crippen molar-refractivity contribution in [2.45, 2.75) is 12.6 Å². The number of aliphatic hydroxyl groups excluding tert-OH is 1. The van der Waals surface area contributed by atoms with Gasteiger partial charge < -0.3 is 9.67 Å². The van der Waals surface area contributed by atoms with Crippen molar-refractivity contribution < 1.29 is 5.11 Å². The maximum absolute atomic E-state index is 10.5. The zero-order valence-electron chi connectivity index (χ0n) is 11.5. The van der Waals surface area contributed by atoms with E-state index in [2.05, 4.69) is 9.97 Å². The molecular weight excluding hydrogens is 321 g/mol. The Balaban J connectivity index is 1.89. The van der Waals surface area contributed by atoms with Gasteiger partial charge >= 0.3 is 0 Å². The van der Waals surface area contributed by atoms with Crippen LogP contribution in [0.5, 0.6) is 0 Å². The fourth-order valence-corrected chi connectivity index (χ4v) is 2.63. The van der Waals surface area contributed by atoms with Crippen molar-refractivity contribution >= 4 is 23.2 Å². The Morgan fingerprint density at radius 1 is 1.09 bits per heavy atom. The maximum Gasteiger partial charge on any atom is 0.142 e. The number of nitrogens with zero attached hydrogens (tertiary/aromatic N) is 3. The monoisotopic (exact) mass is 333 g/mol. The van der Waals surface area contributed by atoms with Crippen molar-refractivity contribution in [1.82, 2.24) is 14.5 Å². The number of aliphatic hydroxyl groups is 1. The SMILES string of the molecule is OC(c1ccccc1)c1nccn1Cc1ccc(Cl)nc1Cl. The Kier molecular flexibility index (Phi) is 4.43. The lowest BCUT2D eigenvalue weighted by Crippen LogP contribution is -2.11. The second-order valence-corrected chi connectivity index (χ2v) is 5.56. The molecule has 3 rings (SSSR count). The molecule has 1 atom stereocenters. The molecule has 0 amide bonds. The van der Waals surface area contributed by atoms with Gasteiger partial charge in [0.2, 0.25) is 0 Å². The molecule has 0 saturated carbocycles. The Morgan fingerprint density at radius 2 is 1.86 bits per heavy atom. The normalized spacial score (nSPS) is 12.3. The summed E-state index contributed by atoms with van der Waals surface area (Å²) in [5.41, 5.74) is 1.60. The molecule has 0 radical (unpaired) electrons. The average Bonchev–Trinajstić information content (AvgIpc) is 2.98. The van der Waals surface area contributed by atoms with Crippen LogP contribution in [-0.4, -0.2) is 19.6 Å². The van der Waals surface area contributed by atoms with Crippen molar-refractivity contribution in [2.75, 3.05) is 0 Å². The summed E-state index contributed by atoms with van der Waals surface area (Å²) in [4.78, 5) is 8.28. The molecule has 2 heterocycles. The summed E-state index contributed by atoms with van der Waals surface area (Å²) in [6.45, 7) is 0.461. The fraction of sp³-hybridized carbons (Fsp3) is 0.125. The zero-order chi connectivity index (χ0) is 15.5. The topological polar surface area (TPSA) is 50.9 Å². The predicted molar refractivity (Wildman–Crippen MR) is 86.1 cm³/mol. The van der Waals surface area contributed by atoms with Gasteiger partial charge in [0.05, 0.1) is 6.54 Å². The lowest BCUT2D eigenvalue weighted by atomic mass is 10.1. The van der Waals surface area contributed by atoms with Crippen LogP contribution in [0.15, 0.2) is 54.9 Å². The Morgan fingerprint density at radius 3 is 2.59 bits per heavy atom. The highest BCUT2D eigenvalue weighted by molar-refractivity contribution is 6.32. The van der Waals surface area contributed by atoms with Gasteiger partial charge in [0.15, 0.2) is 0 Å². The van der Waals surface area contributed by atoms with Crippen LogP contribution >= 0.6 is 23.2 Å². The smallest absolute Gasteiger partial charge is 0.142 e. The molecule has 0 saturated heterocycles. The third-order valence-corrected chi connectivity index (χ3v) is 3.88. The van der Waals surface area contributed by atoms with Crippen molar-refractivity contribution in [2.24, 2.45) is 0 Å². The molecule has 6 heteroatoms. The lowest BCUT2D eigenvalue weighted by molar-refractivity contribution is 0.205. The van der Waals surface area contributed by atoms with Crippen molar-refractivity contribution in [3.63, 3.8) is 0 Å². The first kappa shape index (κ1) is 15.0. The molecule has 0 bridgehead atoms. The summed E-state index contributed by atoms with van der Waals surface area (Å²) < 4.78 is 1.84. The third kappa shape index (κ3) is 3.14. The van der Waals surface area contributed by atoms with E-state index in [-0.39, 0.29) is 0 Å². The van der Waals surface area contributed by atoms with Gasteiger partial charge in [-0.2, -0.15) is 0 Å². The minimum Gasteiger partial charge on any atom is -0.380 e. The van der Waals surface area contributed by atoms with Gasteiger partial charge in [-0.25, -0.2) is 9.97 Å². The predicted octanol–water partition coefficient (Wildman–Crippen LogP) is 3.71. The number of aromatic nitrogens is 3. The van der Waals surface area contributed by atoms with Gasteiger partial charge in [-0.15, -0.1) is 0 Å². The number of pyridine rings is 1. The zero-order valence-corrected chi connectivity index (χ0v) is 13.0. The molecule has 1 unspecified atom stereocenters. The first-order valence-electron chi connectivity index (χ1n) is 6.70. The number of rotatable bonds is 4. The molecule has 0 aliphatic heterocycles. The number of hydrogen-bond acceptors (Lipinski definition) is 3.